The highest BCUT2D eigenvalue weighted by Crippen LogP contribution is 2.26. The van der Waals surface area contributed by atoms with Gasteiger partial charge in [0.2, 0.25) is 10.0 Å². The van der Waals surface area contributed by atoms with Crippen molar-refractivity contribution in [3.05, 3.63) is 29.8 Å². The highest BCUT2D eigenvalue weighted by molar-refractivity contribution is 7.95. The Hall–Kier alpha value is -0.720. The summed E-state index contributed by atoms with van der Waals surface area (Å²) in [5.74, 6) is 0. The van der Waals surface area contributed by atoms with Crippen molar-refractivity contribution in [2.75, 3.05) is 0 Å². The lowest BCUT2D eigenvalue weighted by molar-refractivity contribution is 0.566. The molecule has 5 N–H and O–H groups in total. The van der Waals surface area contributed by atoms with Crippen LogP contribution in [0.4, 0.5) is 0 Å². The predicted molar refractivity (Wildman–Crippen MR) is 71.4 cm³/mol. The van der Waals surface area contributed by atoms with Crippen LogP contribution in [0.25, 0.3) is 0 Å². The van der Waals surface area contributed by atoms with E-state index in [9.17, 15) is 13.0 Å². The number of nitrogens with two attached hydrogens (primary N) is 2. The van der Waals surface area contributed by atoms with Crippen LogP contribution in [0, 0.1) is 0 Å². The Morgan fingerprint density at radius 3 is 1.89 bits per heavy atom. The summed E-state index contributed by atoms with van der Waals surface area (Å²) < 4.78 is 36.4. The summed E-state index contributed by atoms with van der Waals surface area (Å²) in [5.41, 5.74) is 10.9. The summed E-state index contributed by atoms with van der Waals surface area (Å²) in [6.45, 7) is 6.05. The highest BCUT2D eigenvalue weighted by Gasteiger charge is 2.22. The molecule has 0 aliphatic carbocycles. The van der Waals surface area contributed by atoms with Gasteiger partial charge in [0.25, 0.3) is 7.59 Å². The molecule has 0 aromatic heterocycles. The molecule has 0 amide bonds. The third kappa shape index (κ3) is 4.19. The second-order valence-corrected chi connectivity index (χ2v) is 8.71. The van der Waals surface area contributed by atoms with Crippen molar-refractivity contribution in [1.29, 1.82) is 0 Å². The number of sulfonamides is 1. The molecule has 1 rings (SSSR count). The summed E-state index contributed by atoms with van der Waals surface area (Å²) in [5, 5.41) is 0. The molecule has 8 heteroatoms. The Labute approximate surface area is 107 Å². The molecule has 0 heterocycles. The molecule has 0 bridgehead atoms. The molecule has 0 aliphatic heterocycles. The van der Waals surface area contributed by atoms with Crippen LogP contribution in [-0.4, -0.2) is 8.42 Å². The van der Waals surface area contributed by atoms with Gasteiger partial charge < -0.3 is 0 Å². The van der Waals surface area contributed by atoms with E-state index >= 15 is 0 Å². The average molecular weight is 291 g/mol. The van der Waals surface area contributed by atoms with Crippen molar-refractivity contribution >= 4 is 17.6 Å². The summed E-state index contributed by atoms with van der Waals surface area (Å²) in [6.07, 6.45) is 0. The van der Waals surface area contributed by atoms with Gasteiger partial charge >= 0.3 is 0 Å². The Morgan fingerprint density at radius 1 is 1.11 bits per heavy atom. The molecule has 0 saturated carbocycles. The van der Waals surface area contributed by atoms with E-state index in [-0.39, 0.29) is 10.3 Å². The van der Waals surface area contributed by atoms with E-state index in [1.807, 2.05) is 20.8 Å². The molecular weight excluding hydrogens is 273 g/mol. The molecule has 0 radical (unpaired) electrons. The van der Waals surface area contributed by atoms with Crippen LogP contribution in [0.1, 0.15) is 26.3 Å². The monoisotopic (exact) mass is 291 g/mol. The van der Waals surface area contributed by atoms with Crippen LogP contribution in [0.5, 0.6) is 0 Å². The van der Waals surface area contributed by atoms with Gasteiger partial charge in [-0.3, -0.25) is 15.6 Å². The standard InChI is InChI=1S/C10H18N3O3PS/c1-10(2,3)8-4-6-9(7-5-8)18(15,16)13-17(11,12)14/h4-7H,1-3H3,(H5,11,12,13,14). The smallest absolute Gasteiger partial charge is 0.270 e. The first-order valence-corrected chi connectivity index (χ1v) is 8.56. The zero-order valence-electron chi connectivity index (χ0n) is 10.5. The molecule has 6 nitrogen and oxygen atoms in total. The summed E-state index contributed by atoms with van der Waals surface area (Å²) in [4.78, 5) is -0.0216. The molecule has 0 unspecified atom stereocenters. The van der Waals surface area contributed by atoms with Gasteiger partial charge in [0, 0.05) is 0 Å². The zero-order valence-corrected chi connectivity index (χ0v) is 12.3. The van der Waals surface area contributed by atoms with Gasteiger partial charge in [0.1, 0.15) is 0 Å². The normalized spacial score (nSPS) is 13.6. The minimum Gasteiger partial charge on any atom is -0.270 e. The van der Waals surface area contributed by atoms with E-state index in [4.69, 9.17) is 11.0 Å². The zero-order chi connectivity index (χ0) is 14.2. The SMILES string of the molecule is CC(C)(C)c1ccc(S(=O)(=O)NP(N)(N)=O)cc1. The molecule has 18 heavy (non-hydrogen) atoms. The van der Waals surface area contributed by atoms with E-state index in [2.05, 4.69) is 0 Å². The Bertz CT molecular complexity index is 569. The van der Waals surface area contributed by atoms with Gasteiger partial charge in [0.05, 0.1) is 4.90 Å². The van der Waals surface area contributed by atoms with E-state index < -0.39 is 17.6 Å². The first-order chi connectivity index (χ1) is 7.92. The molecule has 0 spiro atoms. The van der Waals surface area contributed by atoms with E-state index in [0.717, 1.165) is 5.56 Å². The van der Waals surface area contributed by atoms with Crippen molar-refractivity contribution in [3.8, 4) is 0 Å². The van der Waals surface area contributed by atoms with Crippen molar-refractivity contribution in [1.82, 2.24) is 4.49 Å². The topological polar surface area (TPSA) is 115 Å². The van der Waals surface area contributed by atoms with E-state index in [0.29, 0.717) is 0 Å². The van der Waals surface area contributed by atoms with Gasteiger partial charge in [-0.15, -0.1) is 4.49 Å². The molecule has 1 aromatic carbocycles. The summed E-state index contributed by atoms with van der Waals surface area (Å²) >= 11 is 0. The van der Waals surface area contributed by atoms with Crippen LogP contribution in [-0.2, 0) is 20.0 Å². The van der Waals surface area contributed by atoms with Crippen molar-refractivity contribution in [3.63, 3.8) is 0 Å². The summed E-state index contributed by atoms with van der Waals surface area (Å²) in [7, 11) is -7.78. The number of nitrogens with one attached hydrogen (secondary N) is 1. The lowest BCUT2D eigenvalue weighted by Gasteiger charge is -2.19. The predicted octanol–water partition coefficient (Wildman–Crippen LogP) is 1.29. The lowest BCUT2D eigenvalue weighted by atomic mass is 9.87. The molecule has 0 aliphatic rings. The molecule has 0 saturated heterocycles. The Morgan fingerprint density at radius 2 is 1.56 bits per heavy atom. The molecular formula is C10H18N3O3PS. The van der Waals surface area contributed by atoms with E-state index in [1.165, 1.54) is 12.1 Å². The first kappa shape index (κ1) is 15.3. The van der Waals surface area contributed by atoms with Crippen molar-refractivity contribution in [2.45, 2.75) is 31.1 Å². The maximum absolute atomic E-state index is 11.8. The van der Waals surface area contributed by atoms with Gasteiger partial charge in [-0.05, 0) is 23.1 Å². The second kappa shape index (κ2) is 4.75. The third-order valence-corrected chi connectivity index (χ3v) is 5.29. The average Bonchev–Trinajstić information content (AvgIpc) is 2.13. The van der Waals surface area contributed by atoms with E-state index in [1.54, 1.807) is 16.6 Å². The second-order valence-electron chi connectivity index (χ2n) is 5.08. The molecule has 102 valence electrons. The fourth-order valence-corrected chi connectivity index (χ4v) is 3.79. The quantitative estimate of drug-likeness (QED) is 0.726. The molecule has 0 fully saturated rings. The minimum atomic E-state index is -3.94. The number of hydrogen-bond acceptors (Lipinski definition) is 3. The maximum atomic E-state index is 11.8. The van der Waals surface area contributed by atoms with Gasteiger partial charge in [0.15, 0.2) is 0 Å². The van der Waals surface area contributed by atoms with Crippen molar-refractivity contribution in [2.24, 2.45) is 11.0 Å². The van der Waals surface area contributed by atoms with Crippen LogP contribution in [0.15, 0.2) is 29.2 Å². The number of hydrogen-bond donors (Lipinski definition) is 3. The van der Waals surface area contributed by atoms with Gasteiger partial charge in [-0.25, -0.2) is 8.42 Å². The molecule has 0 atom stereocenters. The van der Waals surface area contributed by atoms with Crippen LogP contribution >= 0.6 is 7.59 Å². The molecule has 1 aromatic rings. The fourth-order valence-electron chi connectivity index (χ4n) is 1.37. The lowest BCUT2D eigenvalue weighted by Crippen LogP contribution is -2.28. The number of benzene rings is 1. The first-order valence-electron chi connectivity index (χ1n) is 5.24. The van der Waals surface area contributed by atoms with Gasteiger partial charge in [-0.2, -0.15) is 0 Å². The minimum absolute atomic E-state index is 0.0216. The van der Waals surface area contributed by atoms with Crippen LogP contribution in [0.3, 0.4) is 0 Å². The van der Waals surface area contributed by atoms with Crippen LogP contribution in [0.2, 0.25) is 0 Å². The maximum Gasteiger partial charge on any atom is 0.287 e. The Balaban J connectivity index is 3.10. The fraction of sp³-hybridized carbons (Fsp3) is 0.400. The third-order valence-electron chi connectivity index (χ3n) is 2.29. The Kier molecular flexibility index (Phi) is 4.05. The highest BCUT2D eigenvalue weighted by atomic mass is 32.2. The summed E-state index contributed by atoms with van der Waals surface area (Å²) in [6, 6.07) is 6.26. The largest absolute Gasteiger partial charge is 0.287 e. The number of rotatable bonds is 3. The van der Waals surface area contributed by atoms with Crippen LogP contribution < -0.4 is 15.5 Å². The van der Waals surface area contributed by atoms with Gasteiger partial charge in [-0.1, -0.05) is 32.9 Å². The van der Waals surface area contributed by atoms with Crippen molar-refractivity contribution < 1.29 is 13.0 Å².